The zero-order valence-electron chi connectivity index (χ0n) is 9.15. The summed E-state index contributed by atoms with van der Waals surface area (Å²) in [6.07, 6.45) is 0. The molecule has 18 heavy (non-hydrogen) atoms. The Morgan fingerprint density at radius 3 is 2.67 bits per heavy atom. The smallest absolute Gasteiger partial charge is 0.381 e. The summed E-state index contributed by atoms with van der Waals surface area (Å²) in [5, 5.41) is 10.3. The summed E-state index contributed by atoms with van der Waals surface area (Å²) in [6, 6.07) is 2.33. The molecule has 0 heterocycles. The van der Waals surface area contributed by atoms with E-state index in [0.717, 1.165) is 12.1 Å². The van der Waals surface area contributed by atoms with Gasteiger partial charge in [-0.1, -0.05) is 17.7 Å². The topological polar surface area (TPSA) is 69.4 Å². The SMILES string of the molecule is CCOC(=O)C(F)(F)c1ccc(Cl)c([N+](=O)[O-])c1. The van der Waals surface area contributed by atoms with Crippen molar-refractivity contribution in [2.45, 2.75) is 12.8 Å². The number of hydrogen-bond donors (Lipinski definition) is 0. The lowest BCUT2D eigenvalue weighted by atomic mass is 10.1. The van der Waals surface area contributed by atoms with Crippen molar-refractivity contribution in [1.29, 1.82) is 0 Å². The first-order valence-electron chi connectivity index (χ1n) is 4.80. The number of rotatable bonds is 4. The second kappa shape index (κ2) is 5.26. The Kier molecular flexibility index (Phi) is 4.18. The Labute approximate surface area is 105 Å². The summed E-state index contributed by atoms with van der Waals surface area (Å²) >= 11 is 5.48. The molecule has 0 aliphatic rings. The average Bonchev–Trinajstić information content (AvgIpc) is 2.29. The van der Waals surface area contributed by atoms with Crippen LogP contribution in [0.5, 0.6) is 0 Å². The molecule has 0 aliphatic heterocycles. The third-order valence-corrected chi connectivity index (χ3v) is 2.36. The van der Waals surface area contributed by atoms with Gasteiger partial charge in [0.05, 0.1) is 11.5 Å². The number of nitro benzene ring substituents is 1. The molecule has 0 saturated heterocycles. The summed E-state index contributed by atoms with van der Waals surface area (Å²) in [5.74, 6) is -5.72. The van der Waals surface area contributed by atoms with Crippen LogP contribution in [-0.4, -0.2) is 17.5 Å². The second-order valence-corrected chi connectivity index (χ2v) is 3.63. The van der Waals surface area contributed by atoms with Gasteiger partial charge < -0.3 is 4.74 Å². The molecule has 0 aliphatic carbocycles. The van der Waals surface area contributed by atoms with E-state index in [1.165, 1.54) is 6.92 Å². The number of benzene rings is 1. The van der Waals surface area contributed by atoms with E-state index in [1.54, 1.807) is 0 Å². The van der Waals surface area contributed by atoms with E-state index in [4.69, 9.17) is 11.6 Å². The van der Waals surface area contributed by atoms with Gasteiger partial charge in [0.15, 0.2) is 0 Å². The largest absolute Gasteiger partial charge is 0.461 e. The summed E-state index contributed by atoms with van der Waals surface area (Å²) in [6.45, 7) is 1.16. The maximum absolute atomic E-state index is 13.6. The third kappa shape index (κ3) is 2.73. The number of carbonyl (C=O) groups is 1. The van der Waals surface area contributed by atoms with E-state index in [9.17, 15) is 23.7 Å². The molecule has 1 aromatic rings. The van der Waals surface area contributed by atoms with Gasteiger partial charge >= 0.3 is 11.9 Å². The van der Waals surface area contributed by atoms with Crippen LogP contribution in [0.3, 0.4) is 0 Å². The van der Waals surface area contributed by atoms with E-state index in [1.807, 2.05) is 0 Å². The quantitative estimate of drug-likeness (QED) is 0.483. The highest BCUT2D eigenvalue weighted by atomic mass is 35.5. The van der Waals surface area contributed by atoms with Crippen molar-refractivity contribution in [1.82, 2.24) is 0 Å². The normalized spacial score (nSPS) is 11.1. The number of esters is 1. The zero-order valence-corrected chi connectivity index (χ0v) is 9.91. The number of carbonyl (C=O) groups excluding carboxylic acids is 1. The minimum Gasteiger partial charge on any atom is -0.461 e. The van der Waals surface area contributed by atoms with Gasteiger partial charge in [-0.3, -0.25) is 10.1 Å². The van der Waals surface area contributed by atoms with Crippen LogP contribution in [-0.2, 0) is 15.5 Å². The lowest BCUT2D eigenvalue weighted by molar-refractivity contribution is -0.384. The summed E-state index contributed by atoms with van der Waals surface area (Å²) < 4.78 is 31.3. The fourth-order valence-corrected chi connectivity index (χ4v) is 1.37. The van der Waals surface area contributed by atoms with Gasteiger partial charge in [-0.05, 0) is 13.0 Å². The first kappa shape index (κ1) is 14.3. The molecule has 0 spiro atoms. The first-order valence-corrected chi connectivity index (χ1v) is 5.18. The molecule has 0 amide bonds. The van der Waals surface area contributed by atoms with Gasteiger partial charge in [0.2, 0.25) is 0 Å². The standard InChI is InChI=1S/C10H8ClF2NO4/c1-2-18-9(15)10(12,13)6-3-4-7(11)8(5-6)14(16)17/h3-5H,2H2,1H3. The van der Waals surface area contributed by atoms with Crippen LogP contribution in [0, 0.1) is 10.1 Å². The van der Waals surface area contributed by atoms with Crippen LogP contribution >= 0.6 is 11.6 Å². The molecular formula is C10H8ClF2NO4. The summed E-state index contributed by atoms with van der Waals surface area (Å²) in [7, 11) is 0. The van der Waals surface area contributed by atoms with Crippen LogP contribution in [0.2, 0.25) is 5.02 Å². The minimum absolute atomic E-state index is 0.218. The number of halogens is 3. The van der Waals surface area contributed by atoms with Crippen molar-refractivity contribution in [3.63, 3.8) is 0 Å². The van der Waals surface area contributed by atoms with E-state index < -0.39 is 28.1 Å². The second-order valence-electron chi connectivity index (χ2n) is 3.22. The van der Waals surface area contributed by atoms with Gasteiger partial charge in [-0.2, -0.15) is 8.78 Å². The Bertz CT molecular complexity index is 493. The van der Waals surface area contributed by atoms with E-state index in [2.05, 4.69) is 4.74 Å². The van der Waals surface area contributed by atoms with Crippen molar-refractivity contribution >= 4 is 23.3 Å². The fraction of sp³-hybridized carbons (Fsp3) is 0.300. The number of ether oxygens (including phenoxy) is 1. The summed E-state index contributed by atoms with van der Waals surface area (Å²) in [4.78, 5) is 20.7. The highest BCUT2D eigenvalue weighted by Crippen LogP contribution is 2.34. The van der Waals surface area contributed by atoms with Gasteiger partial charge in [0, 0.05) is 11.6 Å². The number of nitro groups is 1. The highest BCUT2D eigenvalue weighted by molar-refractivity contribution is 6.32. The molecule has 0 aromatic heterocycles. The Balaban J connectivity index is 3.21. The van der Waals surface area contributed by atoms with Crippen LogP contribution in [0.1, 0.15) is 12.5 Å². The van der Waals surface area contributed by atoms with E-state index in [-0.39, 0.29) is 11.6 Å². The summed E-state index contributed by atoms with van der Waals surface area (Å²) in [5.41, 5.74) is -1.53. The molecule has 1 rings (SSSR count). The van der Waals surface area contributed by atoms with Crippen molar-refractivity contribution in [3.05, 3.63) is 38.9 Å². The Morgan fingerprint density at radius 1 is 1.56 bits per heavy atom. The maximum atomic E-state index is 13.6. The minimum atomic E-state index is -3.95. The van der Waals surface area contributed by atoms with E-state index in [0.29, 0.717) is 6.07 Å². The molecule has 0 atom stereocenters. The van der Waals surface area contributed by atoms with Crippen molar-refractivity contribution in [2.75, 3.05) is 6.61 Å². The Hall–Kier alpha value is -1.76. The van der Waals surface area contributed by atoms with E-state index >= 15 is 0 Å². The van der Waals surface area contributed by atoms with Crippen LogP contribution in [0.4, 0.5) is 14.5 Å². The molecule has 0 radical (unpaired) electrons. The molecule has 98 valence electrons. The van der Waals surface area contributed by atoms with Gasteiger partial charge in [0.25, 0.3) is 5.69 Å². The third-order valence-electron chi connectivity index (χ3n) is 2.04. The molecular weight excluding hydrogens is 272 g/mol. The molecule has 0 N–H and O–H groups in total. The molecule has 0 unspecified atom stereocenters. The van der Waals surface area contributed by atoms with Crippen molar-refractivity contribution < 1.29 is 23.2 Å². The van der Waals surface area contributed by atoms with Crippen molar-refractivity contribution in [3.8, 4) is 0 Å². The van der Waals surface area contributed by atoms with Gasteiger partial charge in [-0.15, -0.1) is 0 Å². The highest BCUT2D eigenvalue weighted by Gasteiger charge is 2.43. The average molecular weight is 280 g/mol. The van der Waals surface area contributed by atoms with Gasteiger partial charge in [-0.25, -0.2) is 4.79 Å². The lowest BCUT2D eigenvalue weighted by Crippen LogP contribution is -2.28. The first-order chi connectivity index (χ1) is 8.30. The zero-order chi connectivity index (χ0) is 13.9. The Morgan fingerprint density at radius 2 is 2.17 bits per heavy atom. The van der Waals surface area contributed by atoms with Gasteiger partial charge in [0.1, 0.15) is 5.02 Å². The molecule has 0 bridgehead atoms. The molecule has 5 nitrogen and oxygen atoms in total. The lowest BCUT2D eigenvalue weighted by Gasteiger charge is -2.14. The van der Waals surface area contributed by atoms with Crippen LogP contribution in [0.25, 0.3) is 0 Å². The monoisotopic (exact) mass is 279 g/mol. The number of hydrogen-bond acceptors (Lipinski definition) is 4. The number of alkyl halides is 2. The predicted octanol–water partition coefficient (Wildman–Crippen LogP) is 2.90. The number of nitrogens with zero attached hydrogens (tertiary/aromatic N) is 1. The maximum Gasteiger partial charge on any atom is 0.381 e. The predicted molar refractivity (Wildman–Crippen MR) is 58.6 cm³/mol. The van der Waals surface area contributed by atoms with Crippen LogP contribution in [0.15, 0.2) is 18.2 Å². The molecule has 8 heteroatoms. The molecule has 0 saturated carbocycles. The molecule has 1 aromatic carbocycles. The fourth-order valence-electron chi connectivity index (χ4n) is 1.19. The van der Waals surface area contributed by atoms with Crippen molar-refractivity contribution in [2.24, 2.45) is 0 Å². The molecule has 0 fully saturated rings. The van der Waals surface area contributed by atoms with Crippen LogP contribution < -0.4 is 0 Å².